The third kappa shape index (κ3) is 3.21. The first-order valence-corrected chi connectivity index (χ1v) is 6.12. The van der Waals surface area contributed by atoms with E-state index in [1.54, 1.807) is 12.4 Å². The average molecular weight is 270 g/mol. The van der Waals surface area contributed by atoms with Crippen molar-refractivity contribution in [1.82, 2.24) is 10.3 Å². The van der Waals surface area contributed by atoms with Gasteiger partial charge in [0.15, 0.2) is 0 Å². The zero-order chi connectivity index (χ0) is 12.3. The molecule has 1 heterocycles. The van der Waals surface area contributed by atoms with Gasteiger partial charge in [-0.2, -0.15) is 0 Å². The van der Waals surface area contributed by atoms with Crippen LogP contribution in [0.25, 0.3) is 0 Å². The van der Waals surface area contributed by atoms with Crippen LogP contribution in [0.2, 0.25) is 0 Å². The van der Waals surface area contributed by atoms with Crippen LogP contribution >= 0.6 is 12.4 Å². The number of nitrogens with two attached hydrogens (primary N) is 1. The second kappa shape index (κ2) is 6.16. The molecule has 0 spiro atoms. The van der Waals surface area contributed by atoms with Crippen LogP contribution in [0.15, 0.2) is 24.5 Å². The Labute approximate surface area is 114 Å². The van der Waals surface area contributed by atoms with Crippen LogP contribution in [0.3, 0.4) is 0 Å². The SMILES string of the molecule is CC(NC(=O)C1(N)CCCC1)c1cccnc1.Cl. The van der Waals surface area contributed by atoms with Gasteiger partial charge in [0.25, 0.3) is 0 Å². The Morgan fingerprint density at radius 1 is 1.50 bits per heavy atom. The molecule has 4 nitrogen and oxygen atoms in total. The number of amides is 1. The van der Waals surface area contributed by atoms with Crippen molar-refractivity contribution in [3.63, 3.8) is 0 Å². The summed E-state index contributed by atoms with van der Waals surface area (Å²) in [5, 5.41) is 2.97. The van der Waals surface area contributed by atoms with Crippen molar-refractivity contribution in [1.29, 1.82) is 0 Å². The molecular formula is C13H20ClN3O. The molecule has 1 aliphatic carbocycles. The van der Waals surface area contributed by atoms with Crippen LogP contribution in [0.5, 0.6) is 0 Å². The van der Waals surface area contributed by atoms with Crippen molar-refractivity contribution in [2.75, 3.05) is 0 Å². The molecular weight excluding hydrogens is 250 g/mol. The molecule has 0 aliphatic heterocycles. The van der Waals surface area contributed by atoms with Gasteiger partial charge in [0.05, 0.1) is 11.6 Å². The summed E-state index contributed by atoms with van der Waals surface area (Å²) in [6.45, 7) is 1.95. The molecule has 5 heteroatoms. The Morgan fingerprint density at radius 3 is 2.72 bits per heavy atom. The zero-order valence-electron chi connectivity index (χ0n) is 10.6. The summed E-state index contributed by atoms with van der Waals surface area (Å²) in [5.41, 5.74) is 6.45. The van der Waals surface area contributed by atoms with Crippen molar-refractivity contribution in [2.45, 2.75) is 44.2 Å². The van der Waals surface area contributed by atoms with Gasteiger partial charge in [0, 0.05) is 12.4 Å². The minimum atomic E-state index is -0.656. The van der Waals surface area contributed by atoms with Gasteiger partial charge >= 0.3 is 0 Å². The van der Waals surface area contributed by atoms with Gasteiger partial charge in [-0.25, -0.2) is 0 Å². The number of rotatable bonds is 3. The molecule has 0 bridgehead atoms. The molecule has 1 atom stereocenters. The summed E-state index contributed by atoms with van der Waals surface area (Å²) in [6, 6.07) is 3.78. The maximum atomic E-state index is 12.1. The quantitative estimate of drug-likeness (QED) is 0.881. The predicted octanol–water partition coefficient (Wildman–Crippen LogP) is 1.95. The molecule has 100 valence electrons. The maximum absolute atomic E-state index is 12.1. The van der Waals surface area contributed by atoms with E-state index in [1.165, 1.54) is 0 Å². The highest BCUT2D eigenvalue weighted by Crippen LogP contribution is 2.28. The largest absolute Gasteiger partial charge is 0.348 e. The third-order valence-electron chi connectivity index (χ3n) is 3.48. The van der Waals surface area contributed by atoms with Gasteiger partial charge in [-0.3, -0.25) is 9.78 Å². The fraction of sp³-hybridized carbons (Fsp3) is 0.538. The van der Waals surface area contributed by atoms with Crippen LogP contribution < -0.4 is 11.1 Å². The lowest BCUT2D eigenvalue weighted by molar-refractivity contribution is -0.126. The number of pyridine rings is 1. The van der Waals surface area contributed by atoms with Crippen LogP contribution in [0.4, 0.5) is 0 Å². The summed E-state index contributed by atoms with van der Waals surface area (Å²) >= 11 is 0. The first kappa shape index (κ1) is 14.9. The van der Waals surface area contributed by atoms with Gasteiger partial charge in [0.2, 0.25) is 5.91 Å². The standard InChI is InChI=1S/C13H19N3O.ClH/c1-10(11-5-4-8-15-9-11)16-12(17)13(14)6-2-3-7-13;/h4-5,8-10H,2-3,6-7,14H2,1H3,(H,16,17);1H. The van der Waals surface area contributed by atoms with Crippen molar-refractivity contribution in [3.8, 4) is 0 Å². The number of halogens is 1. The van der Waals surface area contributed by atoms with Crippen LogP contribution in [0.1, 0.15) is 44.2 Å². The van der Waals surface area contributed by atoms with E-state index in [0.29, 0.717) is 0 Å². The molecule has 0 aromatic carbocycles. The number of carbonyl (C=O) groups excluding carboxylic acids is 1. The number of hydrogen-bond acceptors (Lipinski definition) is 3. The lowest BCUT2D eigenvalue weighted by Crippen LogP contribution is -2.52. The Morgan fingerprint density at radius 2 is 2.17 bits per heavy atom. The van der Waals surface area contributed by atoms with E-state index < -0.39 is 5.54 Å². The van der Waals surface area contributed by atoms with Crippen LogP contribution in [0, 0.1) is 0 Å². The van der Waals surface area contributed by atoms with Crippen LogP contribution in [-0.4, -0.2) is 16.4 Å². The van der Waals surface area contributed by atoms with E-state index in [9.17, 15) is 4.79 Å². The molecule has 3 N–H and O–H groups in total. The lowest BCUT2D eigenvalue weighted by atomic mass is 9.97. The first-order chi connectivity index (χ1) is 8.12. The van der Waals surface area contributed by atoms with E-state index in [1.807, 2.05) is 19.1 Å². The fourth-order valence-electron chi connectivity index (χ4n) is 2.29. The second-order valence-corrected chi connectivity index (χ2v) is 4.84. The van der Waals surface area contributed by atoms with Crippen molar-refractivity contribution in [2.24, 2.45) is 5.73 Å². The second-order valence-electron chi connectivity index (χ2n) is 4.84. The van der Waals surface area contributed by atoms with Crippen molar-refractivity contribution in [3.05, 3.63) is 30.1 Å². The number of nitrogens with zero attached hydrogens (tertiary/aromatic N) is 1. The van der Waals surface area contributed by atoms with Crippen molar-refractivity contribution >= 4 is 18.3 Å². The Balaban J connectivity index is 0.00000162. The Hall–Kier alpha value is -1.13. The topological polar surface area (TPSA) is 68.0 Å². The average Bonchev–Trinajstić information content (AvgIpc) is 2.78. The molecule has 1 unspecified atom stereocenters. The molecule has 0 saturated heterocycles. The molecule has 1 aromatic rings. The van der Waals surface area contributed by atoms with Gasteiger partial charge in [-0.15, -0.1) is 12.4 Å². The summed E-state index contributed by atoms with van der Waals surface area (Å²) < 4.78 is 0. The van der Waals surface area contributed by atoms with E-state index in [4.69, 9.17) is 5.73 Å². The normalized spacial score (nSPS) is 18.8. The minimum absolute atomic E-state index is 0. The van der Waals surface area contributed by atoms with Gasteiger partial charge in [-0.05, 0) is 31.4 Å². The molecule has 1 aromatic heterocycles. The first-order valence-electron chi connectivity index (χ1n) is 6.12. The van der Waals surface area contributed by atoms with E-state index in [2.05, 4.69) is 10.3 Å². The molecule has 1 amide bonds. The van der Waals surface area contributed by atoms with Crippen LogP contribution in [-0.2, 0) is 4.79 Å². The lowest BCUT2D eigenvalue weighted by Gasteiger charge is -2.25. The highest BCUT2D eigenvalue weighted by atomic mass is 35.5. The van der Waals surface area contributed by atoms with Crippen molar-refractivity contribution < 1.29 is 4.79 Å². The zero-order valence-corrected chi connectivity index (χ0v) is 11.4. The van der Waals surface area contributed by atoms with Gasteiger partial charge in [-0.1, -0.05) is 18.9 Å². The minimum Gasteiger partial charge on any atom is -0.348 e. The number of carbonyl (C=O) groups is 1. The molecule has 2 rings (SSSR count). The number of aromatic nitrogens is 1. The fourth-order valence-corrected chi connectivity index (χ4v) is 2.29. The monoisotopic (exact) mass is 269 g/mol. The summed E-state index contributed by atoms with van der Waals surface area (Å²) in [7, 11) is 0. The number of nitrogens with one attached hydrogen (secondary N) is 1. The predicted molar refractivity (Wildman–Crippen MR) is 73.4 cm³/mol. The van der Waals surface area contributed by atoms with E-state index >= 15 is 0 Å². The molecule has 0 radical (unpaired) electrons. The molecule has 18 heavy (non-hydrogen) atoms. The Bertz CT molecular complexity index is 390. The molecule has 1 fully saturated rings. The highest BCUT2D eigenvalue weighted by molar-refractivity contribution is 5.86. The van der Waals surface area contributed by atoms with E-state index in [0.717, 1.165) is 31.2 Å². The molecule has 1 aliphatic rings. The Kier molecular flexibility index (Phi) is 5.11. The highest BCUT2D eigenvalue weighted by Gasteiger charge is 2.37. The summed E-state index contributed by atoms with van der Waals surface area (Å²) in [5.74, 6) is -0.0358. The van der Waals surface area contributed by atoms with E-state index in [-0.39, 0.29) is 24.4 Å². The molecule has 1 saturated carbocycles. The third-order valence-corrected chi connectivity index (χ3v) is 3.48. The van der Waals surface area contributed by atoms with Gasteiger partial charge in [0.1, 0.15) is 0 Å². The smallest absolute Gasteiger partial charge is 0.240 e. The number of hydrogen-bond donors (Lipinski definition) is 2. The summed E-state index contributed by atoms with van der Waals surface area (Å²) in [4.78, 5) is 16.1. The summed E-state index contributed by atoms with van der Waals surface area (Å²) in [6.07, 6.45) is 7.16. The maximum Gasteiger partial charge on any atom is 0.240 e. The van der Waals surface area contributed by atoms with Gasteiger partial charge < -0.3 is 11.1 Å².